The van der Waals surface area contributed by atoms with Crippen molar-refractivity contribution in [3.63, 3.8) is 0 Å². The molecule has 0 saturated carbocycles. The number of hydrogen-bond acceptors (Lipinski definition) is 6. The number of aryl methyl sites for hydroxylation is 1. The van der Waals surface area contributed by atoms with E-state index >= 15 is 0 Å². The van der Waals surface area contributed by atoms with Crippen LogP contribution in [0.5, 0.6) is 5.75 Å². The molecule has 1 aliphatic heterocycles. The van der Waals surface area contributed by atoms with Crippen LogP contribution in [0.4, 0.5) is 18.2 Å². The van der Waals surface area contributed by atoms with Gasteiger partial charge >= 0.3 is 12.3 Å². The van der Waals surface area contributed by atoms with Crippen LogP contribution in [0.1, 0.15) is 47.0 Å². The minimum atomic E-state index is -4.83. The lowest BCUT2D eigenvalue weighted by Crippen LogP contribution is -2.46. The fourth-order valence-corrected chi connectivity index (χ4v) is 5.51. The molecule has 3 rings (SSSR count). The highest BCUT2D eigenvalue weighted by Crippen LogP contribution is 2.36. The summed E-state index contributed by atoms with van der Waals surface area (Å²) in [6.45, 7) is 2.74. The van der Waals surface area contributed by atoms with Gasteiger partial charge in [-0.05, 0) is 72.2 Å². The van der Waals surface area contributed by atoms with Crippen LogP contribution in [0.3, 0.4) is 0 Å². The second kappa shape index (κ2) is 10.6. The minimum absolute atomic E-state index is 0.0501. The Hall–Kier alpha value is -2.19. The summed E-state index contributed by atoms with van der Waals surface area (Å²) in [6, 6.07) is 6.24. The molecule has 1 aliphatic rings. The monoisotopic (exact) mass is 610 g/mol. The van der Waals surface area contributed by atoms with Crippen LogP contribution in [0.25, 0.3) is 0 Å². The number of carbonyl (C=O) groups excluding carboxylic acids is 2. The predicted molar refractivity (Wildman–Crippen MR) is 129 cm³/mol. The zero-order valence-electron chi connectivity index (χ0n) is 18.1. The SMILES string of the molecule is CCc1cc(C(=O)c2ccc(OC(F)(F)F)cc2)c(NC(=O)CCN2CCCC2(I)C(=O)O)s1. The molecule has 1 fully saturated rings. The number of carboxylic acid groups (broad SMARTS) is 1. The van der Waals surface area contributed by atoms with Gasteiger partial charge in [-0.1, -0.05) is 6.92 Å². The number of likely N-dealkylation sites (tertiary alicyclic amines) is 1. The fourth-order valence-electron chi connectivity index (χ4n) is 3.64. The molecule has 2 N–H and O–H groups in total. The number of nitrogens with one attached hydrogen (secondary N) is 1. The Labute approximate surface area is 211 Å². The van der Waals surface area contributed by atoms with E-state index in [1.807, 2.05) is 29.5 Å². The third kappa shape index (κ3) is 6.27. The molecule has 34 heavy (non-hydrogen) atoms. The van der Waals surface area contributed by atoms with Gasteiger partial charge in [-0.2, -0.15) is 0 Å². The number of carboxylic acids is 1. The van der Waals surface area contributed by atoms with Crippen LogP contribution in [-0.2, 0) is 16.0 Å². The van der Waals surface area contributed by atoms with E-state index in [9.17, 15) is 32.7 Å². The van der Waals surface area contributed by atoms with Crippen molar-refractivity contribution < 1.29 is 37.4 Å². The molecule has 2 heterocycles. The average Bonchev–Trinajstić information content (AvgIpc) is 3.35. The molecule has 184 valence electrons. The number of rotatable bonds is 9. The average molecular weight is 610 g/mol. The first kappa shape index (κ1) is 26.4. The lowest BCUT2D eigenvalue weighted by atomic mass is 10.0. The van der Waals surface area contributed by atoms with Crippen molar-refractivity contribution in [2.24, 2.45) is 0 Å². The van der Waals surface area contributed by atoms with Crippen molar-refractivity contribution in [1.29, 1.82) is 0 Å². The number of ketones is 1. The molecule has 2 aromatic rings. The Morgan fingerprint density at radius 1 is 1.26 bits per heavy atom. The number of anilines is 1. The number of carbonyl (C=O) groups is 3. The van der Waals surface area contributed by atoms with Crippen molar-refractivity contribution in [3.05, 3.63) is 46.3 Å². The summed E-state index contributed by atoms with van der Waals surface area (Å²) in [5.74, 6) is -2.17. The molecule has 1 saturated heterocycles. The van der Waals surface area contributed by atoms with Crippen molar-refractivity contribution in [1.82, 2.24) is 4.90 Å². The zero-order chi connectivity index (χ0) is 25.1. The summed E-state index contributed by atoms with van der Waals surface area (Å²) in [7, 11) is 0. The number of amides is 1. The molecule has 1 atom stereocenters. The minimum Gasteiger partial charge on any atom is -0.479 e. The Kier molecular flexibility index (Phi) is 8.24. The summed E-state index contributed by atoms with van der Waals surface area (Å²) in [5.41, 5.74) is 0.397. The van der Waals surface area contributed by atoms with Gasteiger partial charge in [0.1, 0.15) is 10.8 Å². The lowest BCUT2D eigenvalue weighted by molar-refractivity contribution is -0.274. The fraction of sp³-hybridized carbons (Fsp3) is 0.409. The molecule has 0 aliphatic carbocycles. The Morgan fingerprint density at radius 2 is 1.94 bits per heavy atom. The normalized spacial score (nSPS) is 18.6. The van der Waals surface area contributed by atoms with Gasteiger partial charge in [0.2, 0.25) is 5.91 Å². The highest BCUT2D eigenvalue weighted by Gasteiger charge is 2.45. The van der Waals surface area contributed by atoms with Crippen LogP contribution >= 0.6 is 33.9 Å². The van der Waals surface area contributed by atoms with Gasteiger partial charge in [-0.15, -0.1) is 24.5 Å². The van der Waals surface area contributed by atoms with Gasteiger partial charge in [0.05, 0.1) is 5.56 Å². The van der Waals surface area contributed by atoms with E-state index in [0.29, 0.717) is 24.4 Å². The molecule has 1 aromatic heterocycles. The summed E-state index contributed by atoms with van der Waals surface area (Å²) >= 11 is 3.16. The topological polar surface area (TPSA) is 95.9 Å². The molecule has 1 amide bonds. The number of hydrogen-bond donors (Lipinski definition) is 2. The van der Waals surface area contributed by atoms with E-state index in [2.05, 4.69) is 10.1 Å². The molecule has 0 radical (unpaired) electrons. The first-order chi connectivity index (χ1) is 15.9. The highest BCUT2D eigenvalue weighted by molar-refractivity contribution is 14.1. The number of ether oxygens (including phenoxy) is 1. The first-order valence-corrected chi connectivity index (χ1v) is 12.3. The molecule has 0 spiro atoms. The summed E-state index contributed by atoms with van der Waals surface area (Å²) in [4.78, 5) is 39.9. The maximum absolute atomic E-state index is 13.0. The van der Waals surface area contributed by atoms with E-state index < -0.39 is 27.4 Å². The van der Waals surface area contributed by atoms with E-state index in [0.717, 1.165) is 23.4 Å². The van der Waals surface area contributed by atoms with Gasteiger partial charge in [0, 0.05) is 30.0 Å². The smallest absolute Gasteiger partial charge is 0.479 e. The summed E-state index contributed by atoms with van der Waals surface area (Å²) in [5, 5.41) is 12.6. The maximum atomic E-state index is 13.0. The second-order valence-electron chi connectivity index (χ2n) is 7.66. The highest BCUT2D eigenvalue weighted by atomic mass is 127. The summed E-state index contributed by atoms with van der Waals surface area (Å²) in [6.07, 6.45) is -2.92. The number of nitrogens with zero attached hydrogens (tertiary/aromatic N) is 1. The van der Waals surface area contributed by atoms with E-state index in [4.69, 9.17) is 0 Å². The second-order valence-corrected chi connectivity index (χ2v) is 10.6. The van der Waals surface area contributed by atoms with E-state index in [1.165, 1.54) is 23.5 Å². The van der Waals surface area contributed by atoms with Gasteiger partial charge in [-0.3, -0.25) is 14.5 Å². The number of aliphatic carboxylic acids is 1. The van der Waals surface area contributed by atoms with Crippen molar-refractivity contribution in [3.8, 4) is 5.75 Å². The standard InChI is InChI=1S/C22H22F3IN2O5S/c1-2-15-12-16(18(30)13-4-6-14(7-5-13)33-22(23,24)25)19(34-15)27-17(29)8-11-28-10-3-9-21(28,26)20(31)32/h4-7,12H,2-3,8-11H2,1H3,(H,27,29)(H,31,32). The van der Waals surface area contributed by atoms with Gasteiger partial charge in [0.15, 0.2) is 9.33 Å². The van der Waals surface area contributed by atoms with Crippen LogP contribution in [-0.4, -0.2) is 50.7 Å². The Morgan fingerprint density at radius 3 is 2.53 bits per heavy atom. The number of benzene rings is 1. The molecular weight excluding hydrogens is 588 g/mol. The summed E-state index contributed by atoms with van der Waals surface area (Å²) < 4.78 is 39.9. The number of thiophene rings is 1. The van der Waals surface area contributed by atoms with Gasteiger partial charge in [-0.25, -0.2) is 4.79 Å². The van der Waals surface area contributed by atoms with Crippen LogP contribution in [0, 0.1) is 0 Å². The quantitative estimate of drug-likeness (QED) is 0.178. The van der Waals surface area contributed by atoms with Crippen molar-refractivity contribution in [2.75, 3.05) is 18.4 Å². The zero-order valence-corrected chi connectivity index (χ0v) is 21.1. The van der Waals surface area contributed by atoms with Crippen LogP contribution in [0.15, 0.2) is 30.3 Å². The lowest BCUT2D eigenvalue weighted by Gasteiger charge is -2.28. The third-order valence-electron chi connectivity index (χ3n) is 5.35. The molecule has 7 nitrogen and oxygen atoms in total. The predicted octanol–water partition coefficient (Wildman–Crippen LogP) is 5.08. The van der Waals surface area contributed by atoms with Gasteiger partial charge < -0.3 is 15.2 Å². The number of alkyl halides is 4. The Bertz CT molecular complexity index is 1070. The van der Waals surface area contributed by atoms with Crippen LogP contribution in [0.2, 0.25) is 0 Å². The molecular formula is C22H22F3IN2O5S. The molecule has 1 aromatic carbocycles. The number of halogens is 4. The first-order valence-electron chi connectivity index (χ1n) is 10.4. The maximum Gasteiger partial charge on any atom is 0.573 e. The third-order valence-corrected chi connectivity index (χ3v) is 8.23. The van der Waals surface area contributed by atoms with Gasteiger partial charge in [0.25, 0.3) is 0 Å². The van der Waals surface area contributed by atoms with Crippen molar-refractivity contribution in [2.45, 2.75) is 42.5 Å². The Balaban J connectivity index is 1.70. The van der Waals surface area contributed by atoms with Crippen molar-refractivity contribution >= 4 is 56.6 Å². The van der Waals surface area contributed by atoms with E-state index in [-0.39, 0.29) is 30.0 Å². The van der Waals surface area contributed by atoms with Crippen LogP contribution < -0.4 is 10.1 Å². The van der Waals surface area contributed by atoms with E-state index in [1.54, 1.807) is 11.0 Å². The molecule has 1 unspecified atom stereocenters. The molecule has 12 heteroatoms. The molecule has 0 bridgehead atoms. The largest absolute Gasteiger partial charge is 0.573 e.